The van der Waals surface area contributed by atoms with E-state index < -0.39 is 11.0 Å². The highest BCUT2D eigenvalue weighted by atomic mass is 16.2. The Balaban J connectivity index is 2.19. The van der Waals surface area contributed by atoms with Crippen LogP contribution in [0.25, 0.3) is 0 Å². The summed E-state index contributed by atoms with van der Waals surface area (Å²) in [4.78, 5) is 18.9. The lowest BCUT2D eigenvalue weighted by Gasteiger charge is -2.41. The Hall–Kier alpha value is -1.42. The van der Waals surface area contributed by atoms with Crippen LogP contribution >= 0.6 is 0 Å². The number of aromatic nitrogens is 1. The molecule has 0 spiro atoms. The first kappa shape index (κ1) is 15.0. The minimum absolute atomic E-state index is 0.143. The minimum Gasteiger partial charge on any atom is -0.335 e. The maximum Gasteiger partial charge on any atom is 0.230 e. The Morgan fingerprint density at radius 2 is 1.85 bits per heavy atom. The highest BCUT2D eigenvalue weighted by Crippen LogP contribution is 2.36. The van der Waals surface area contributed by atoms with Crippen molar-refractivity contribution >= 4 is 5.91 Å². The normalized spacial score (nSPS) is 16.1. The van der Waals surface area contributed by atoms with Crippen LogP contribution in [0.3, 0.4) is 0 Å². The van der Waals surface area contributed by atoms with Crippen LogP contribution in [0.4, 0.5) is 0 Å². The van der Waals surface area contributed by atoms with E-state index in [0.29, 0.717) is 12.6 Å². The van der Waals surface area contributed by atoms with Crippen LogP contribution in [-0.2, 0) is 11.3 Å². The monoisotopic (exact) mass is 275 g/mol. The second-order valence-corrected chi connectivity index (χ2v) is 6.87. The van der Waals surface area contributed by atoms with E-state index in [1.807, 2.05) is 44.7 Å². The summed E-state index contributed by atoms with van der Waals surface area (Å²) >= 11 is 0. The van der Waals surface area contributed by atoms with E-state index >= 15 is 0 Å². The van der Waals surface area contributed by atoms with Crippen LogP contribution in [-0.4, -0.2) is 27.4 Å². The molecule has 1 fully saturated rings. The van der Waals surface area contributed by atoms with Crippen molar-refractivity contribution in [3.05, 3.63) is 30.1 Å². The molecule has 1 saturated carbocycles. The van der Waals surface area contributed by atoms with Crippen molar-refractivity contribution in [2.45, 2.75) is 58.7 Å². The van der Waals surface area contributed by atoms with Gasteiger partial charge in [-0.1, -0.05) is 0 Å². The molecule has 4 nitrogen and oxygen atoms in total. The number of nitrogens with zero attached hydrogens (tertiary/aromatic N) is 2. The predicted octanol–water partition coefficient (Wildman–Crippen LogP) is 2.34. The van der Waals surface area contributed by atoms with Crippen molar-refractivity contribution in [3.8, 4) is 0 Å². The Labute approximate surface area is 121 Å². The van der Waals surface area contributed by atoms with Gasteiger partial charge in [0.1, 0.15) is 0 Å². The summed E-state index contributed by atoms with van der Waals surface area (Å²) in [5.41, 5.74) is 6.20. The standard InChI is InChI=1S/C16H25N3O/c1-15(2,16(3,4)17)14(20)19(13-5-6-13)11-12-7-9-18-10-8-12/h7-10,13H,5-6,11,17H2,1-4H3. The van der Waals surface area contributed by atoms with Crippen molar-refractivity contribution in [1.29, 1.82) is 0 Å². The number of amides is 1. The number of carbonyl (C=O) groups is 1. The average molecular weight is 275 g/mol. The molecule has 0 unspecified atom stereocenters. The lowest BCUT2D eigenvalue weighted by molar-refractivity contribution is -0.144. The molecular weight excluding hydrogens is 250 g/mol. The van der Waals surface area contributed by atoms with Gasteiger partial charge in [-0.05, 0) is 58.2 Å². The smallest absolute Gasteiger partial charge is 0.230 e. The van der Waals surface area contributed by atoms with Gasteiger partial charge in [-0.25, -0.2) is 0 Å². The van der Waals surface area contributed by atoms with Crippen molar-refractivity contribution in [3.63, 3.8) is 0 Å². The Bertz CT molecular complexity index is 472. The number of pyridine rings is 1. The third-order valence-corrected chi connectivity index (χ3v) is 4.50. The van der Waals surface area contributed by atoms with E-state index in [-0.39, 0.29) is 5.91 Å². The zero-order valence-electron chi connectivity index (χ0n) is 12.9. The Morgan fingerprint density at radius 3 is 2.30 bits per heavy atom. The molecule has 1 amide bonds. The summed E-state index contributed by atoms with van der Waals surface area (Å²) in [5, 5.41) is 0. The second kappa shape index (κ2) is 5.17. The third kappa shape index (κ3) is 3.01. The average Bonchev–Trinajstić information content (AvgIpc) is 3.19. The van der Waals surface area contributed by atoms with Gasteiger partial charge in [0.25, 0.3) is 0 Å². The minimum atomic E-state index is -0.581. The van der Waals surface area contributed by atoms with Gasteiger partial charge in [-0.3, -0.25) is 9.78 Å². The summed E-state index contributed by atoms with van der Waals surface area (Å²) < 4.78 is 0. The van der Waals surface area contributed by atoms with Gasteiger partial charge in [0.15, 0.2) is 0 Å². The van der Waals surface area contributed by atoms with E-state index in [1.54, 1.807) is 12.4 Å². The van der Waals surface area contributed by atoms with E-state index in [1.165, 1.54) is 0 Å². The van der Waals surface area contributed by atoms with Crippen LogP contribution in [0.1, 0.15) is 46.1 Å². The van der Waals surface area contributed by atoms with Gasteiger partial charge in [0.2, 0.25) is 5.91 Å². The maximum atomic E-state index is 12.9. The molecule has 0 radical (unpaired) electrons. The molecule has 0 aliphatic heterocycles. The SMILES string of the molecule is CC(C)(N)C(C)(C)C(=O)N(Cc1ccncc1)C1CC1. The molecule has 1 aliphatic carbocycles. The fourth-order valence-corrected chi connectivity index (χ4v) is 2.07. The number of rotatable bonds is 5. The molecule has 20 heavy (non-hydrogen) atoms. The number of hydrogen-bond donors (Lipinski definition) is 1. The summed E-state index contributed by atoms with van der Waals surface area (Å²) in [5.74, 6) is 0.143. The molecule has 2 N–H and O–H groups in total. The first-order valence-corrected chi connectivity index (χ1v) is 7.22. The molecule has 2 rings (SSSR count). The van der Waals surface area contributed by atoms with Gasteiger partial charge in [0, 0.05) is 30.5 Å². The van der Waals surface area contributed by atoms with Crippen LogP contribution in [0.15, 0.2) is 24.5 Å². The molecule has 1 aromatic heterocycles. The van der Waals surface area contributed by atoms with E-state index in [2.05, 4.69) is 4.98 Å². The summed E-state index contributed by atoms with van der Waals surface area (Å²) in [6.45, 7) is 8.37. The molecule has 0 bridgehead atoms. The fourth-order valence-electron chi connectivity index (χ4n) is 2.07. The lowest BCUT2D eigenvalue weighted by atomic mass is 9.74. The van der Waals surface area contributed by atoms with Crippen LogP contribution < -0.4 is 5.73 Å². The maximum absolute atomic E-state index is 12.9. The number of hydrogen-bond acceptors (Lipinski definition) is 3. The van der Waals surface area contributed by atoms with Gasteiger partial charge < -0.3 is 10.6 Å². The zero-order valence-corrected chi connectivity index (χ0v) is 12.9. The molecule has 0 aromatic carbocycles. The van der Waals surface area contributed by atoms with E-state index in [9.17, 15) is 4.79 Å². The van der Waals surface area contributed by atoms with Crippen LogP contribution in [0.2, 0.25) is 0 Å². The molecule has 0 saturated heterocycles. The Kier molecular flexibility index (Phi) is 3.87. The van der Waals surface area contributed by atoms with E-state index in [0.717, 1.165) is 18.4 Å². The van der Waals surface area contributed by atoms with Gasteiger partial charge >= 0.3 is 0 Å². The van der Waals surface area contributed by atoms with Crippen molar-refractivity contribution in [1.82, 2.24) is 9.88 Å². The van der Waals surface area contributed by atoms with E-state index in [4.69, 9.17) is 5.73 Å². The molecule has 0 atom stereocenters. The molecule has 4 heteroatoms. The second-order valence-electron chi connectivity index (χ2n) is 6.87. The molecule has 110 valence electrons. The predicted molar refractivity (Wildman–Crippen MR) is 79.9 cm³/mol. The summed E-state index contributed by atoms with van der Waals surface area (Å²) in [6, 6.07) is 4.30. The summed E-state index contributed by atoms with van der Waals surface area (Å²) in [6.07, 6.45) is 5.72. The Morgan fingerprint density at radius 1 is 1.30 bits per heavy atom. The zero-order chi connectivity index (χ0) is 15.0. The number of carbonyl (C=O) groups excluding carboxylic acids is 1. The lowest BCUT2D eigenvalue weighted by Crippen LogP contribution is -2.56. The number of nitrogens with two attached hydrogens (primary N) is 1. The van der Waals surface area contributed by atoms with Gasteiger partial charge in [0.05, 0.1) is 5.41 Å². The summed E-state index contributed by atoms with van der Waals surface area (Å²) in [7, 11) is 0. The molecule has 1 aliphatic rings. The first-order chi connectivity index (χ1) is 9.23. The molecular formula is C16H25N3O. The van der Waals surface area contributed by atoms with Gasteiger partial charge in [-0.2, -0.15) is 0 Å². The highest BCUT2D eigenvalue weighted by Gasteiger charge is 2.46. The first-order valence-electron chi connectivity index (χ1n) is 7.22. The fraction of sp³-hybridized carbons (Fsp3) is 0.625. The van der Waals surface area contributed by atoms with Crippen molar-refractivity contribution < 1.29 is 4.79 Å². The van der Waals surface area contributed by atoms with Gasteiger partial charge in [-0.15, -0.1) is 0 Å². The van der Waals surface area contributed by atoms with Crippen LogP contribution in [0, 0.1) is 5.41 Å². The largest absolute Gasteiger partial charge is 0.335 e. The quantitative estimate of drug-likeness (QED) is 0.897. The highest BCUT2D eigenvalue weighted by molar-refractivity contribution is 5.84. The molecule has 1 heterocycles. The third-order valence-electron chi connectivity index (χ3n) is 4.50. The van der Waals surface area contributed by atoms with Crippen molar-refractivity contribution in [2.24, 2.45) is 11.1 Å². The van der Waals surface area contributed by atoms with Crippen molar-refractivity contribution in [2.75, 3.05) is 0 Å². The van der Waals surface area contributed by atoms with Crippen LogP contribution in [0.5, 0.6) is 0 Å². The molecule has 1 aromatic rings. The topological polar surface area (TPSA) is 59.2 Å².